The van der Waals surface area contributed by atoms with Gasteiger partial charge in [-0.15, -0.1) is 11.8 Å². The van der Waals surface area contributed by atoms with Crippen LogP contribution in [0.3, 0.4) is 0 Å². The predicted octanol–water partition coefficient (Wildman–Crippen LogP) is 4.09. The molecule has 0 atom stereocenters. The van der Waals surface area contributed by atoms with Crippen LogP contribution >= 0.6 is 11.8 Å². The fraction of sp³-hybridized carbons (Fsp3) is 0.364. The molecule has 5 nitrogen and oxygen atoms in total. The van der Waals surface area contributed by atoms with Crippen LogP contribution in [0.4, 0.5) is 0 Å². The van der Waals surface area contributed by atoms with Gasteiger partial charge in [-0.1, -0.05) is 18.2 Å². The largest absolute Gasteiger partial charge is 0.493 e. The summed E-state index contributed by atoms with van der Waals surface area (Å²) in [7, 11) is 4.96. The molecule has 0 bridgehead atoms. The molecule has 28 heavy (non-hydrogen) atoms. The van der Waals surface area contributed by atoms with Gasteiger partial charge in [0.25, 0.3) is 0 Å². The Morgan fingerprint density at radius 1 is 0.964 bits per heavy atom. The van der Waals surface area contributed by atoms with Crippen LogP contribution in [-0.2, 0) is 11.2 Å². The zero-order valence-corrected chi connectivity index (χ0v) is 17.7. The van der Waals surface area contributed by atoms with Gasteiger partial charge in [0.05, 0.1) is 14.2 Å². The highest BCUT2D eigenvalue weighted by molar-refractivity contribution is 7.98. The number of carbonyl (C=O) groups is 2. The van der Waals surface area contributed by atoms with Crippen molar-refractivity contribution in [1.82, 2.24) is 4.90 Å². The molecule has 0 saturated carbocycles. The van der Waals surface area contributed by atoms with Crippen LogP contribution in [0.1, 0.15) is 28.8 Å². The van der Waals surface area contributed by atoms with Crippen molar-refractivity contribution in [2.45, 2.75) is 24.2 Å². The second-order valence-corrected chi connectivity index (χ2v) is 7.29. The standard InChI is InChI=1S/C22H27NO4S/c1-23(14-13-16-5-11-20(26-2)21(15-16)27-3)22(25)12-10-19(24)17-6-8-18(28-4)9-7-17/h5-9,11,15H,10,12-14H2,1-4H3. The van der Waals surface area contributed by atoms with E-state index in [4.69, 9.17) is 9.47 Å². The second-order valence-electron chi connectivity index (χ2n) is 6.41. The summed E-state index contributed by atoms with van der Waals surface area (Å²) in [6, 6.07) is 13.2. The highest BCUT2D eigenvalue weighted by atomic mass is 32.2. The molecule has 0 aromatic heterocycles. The van der Waals surface area contributed by atoms with E-state index in [1.807, 2.05) is 48.7 Å². The number of hydrogen-bond acceptors (Lipinski definition) is 5. The molecule has 2 aromatic rings. The maximum absolute atomic E-state index is 12.3. The molecule has 0 aliphatic rings. The van der Waals surface area contributed by atoms with E-state index in [0.29, 0.717) is 30.0 Å². The SMILES string of the molecule is COc1ccc(CCN(C)C(=O)CCC(=O)c2ccc(SC)cc2)cc1OC. The lowest BCUT2D eigenvalue weighted by atomic mass is 10.1. The Labute approximate surface area is 171 Å². The number of ketones is 1. The van der Waals surface area contributed by atoms with E-state index in [-0.39, 0.29) is 24.5 Å². The second kappa shape index (κ2) is 10.8. The van der Waals surface area contributed by atoms with E-state index < -0.39 is 0 Å². The summed E-state index contributed by atoms with van der Waals surface area (Å²) in [5.41, 5.74) is 1.71. The molecule has 0 radical (unpaired) electrons. The van der Waals surface area contributed by atoms with Gasteiger partial charge in [0.2, 0.25) is 5.91 Å². The van der Waals surface area contributed by atoms with Crippen molar-refractivity contribution < 1.29 is 19.1 Å². The summed E-state index contributed by atoms with van der Waals surface area (Å²) in [5, 5.41) is 0. The normalized spacial score (nSPS) is 10.4. The number of carbonyl (C=O) groups excluding carboxylic acids is 2. The van der Waals surface area contributed by atoms with Crippen molar-refractivity contribution in [2.24, 2.45) is 0 Å². The highest BCUT2D eigenvalue weighted by Gasteiger charge is 2.13. The average molecular weight is 402 g/mol. The van der Waals surface area contributed by atoms with Crippen LogP contribution in [0.5, 0.6) is 11.5 Å². The Balaban J connectivity index is 1.83. The number of amides is 1. The fourth-order valence-electron chi connectivity index (χ4n) is 2.79. The first-order valence-corrected chi connectivity index (χ1v) is 10.3. The van der Waals surface area contributed by atoms with Crippen molar-refractivity contribution in [3.05, 3.63) is 53.6 Å². The van der Waals surface area contributed by atoms with E-state index in [1.54, 1.807) is 37.9 Å². The third-order valence-electron chi connectivity index (χ3n) is 4.59. The summed E-state index contributed by atoms with van der Waals surface area (Å²) >= 11 is 1.63. The first-order valence-electron chi connectivity index (χ1n) is 9.10. The fourth-order valence-corrected chi connectivity index (χ4v) is 3.20. The van der Waals surface area contributed by atoms with Crippen molar-refractivity contribution in [3.63, 3.8) is 0 Å². The molecule has 0 fully saturated rings. The minimum Gasteiger partial charge on any atom is -0.493 e. The molecule has 2 aromatic carbocycles. The maximum Gasteiger partial charge on any atom is 0.222 e. The molecular formula is C22H27NO4S. The van der Waals surface area contributed by atoms with Crippen molar-refractivity contribution >= 4 is 23.5 Å². The molecule has 0 unspecified atom stereocenters. The molecular weight excluding hydrogens is 374 g/mol. The summed E-state index contributed by atoms with van der Waals surface area (Å²) in [6.45, 7) is 0.574. The molecule has 0 aliphatic heterocycles. The lowest BCUT2D eigenvalue weighted by Crippen LogP contribution is -2.29. The number of nitrogens with zero attached hydrogens (tertiary/aromatic N) is 1. The molecule has 0 N–H and O–H groups in total. The van der Waals surface area contributed by atoms with Crippen molar-refractivity contribution in [3.8, 4) is 11.5 Å². The van der Waals surface area contributed by atoms with Gasteiger partial charge >= 0.3 is 0 Å². The molecule has 0 spiro atoms. The number of ether oxygens (including phenoxy) is 2. The Hall–Kier alpha value is -2.47. The zero-order chi connectivity index (χ0) is 20.5. The van der Waals surface area contributed by atoms with Gasteiger partial charge in [0, 0.05) is 36.9 Å². The van der Waals surface area contributed by atoms with Crippen LogP contribution < -0.4 is 9.47 Å². The Morgan fingerprint density at radius 2 is 1.64 bits per heavy atom. The maximum atomic E-state index is 12.3. The number of hydrogen-bond donors (Lipinski definition) is 0. The first-order chi connectivity index (χ1) is 13.5. The van der Waals surface area contributed by atoms with E-state index in [2.05, 4.69) is 0 Å². The van der Waals surface area contributed by atoms with E-state index in [9.17, 15) is 9.59 Å². The van der Waals surface area contributed by atoms with E-state index >= 15 is 0 Å². The van der Waals surface area contributed by atoms with Gasteiger partial charge in [0.15, 0.2) is 17.3 Å². The van der Waals surface area contributed by atoms with Crippen LogP contribution in [-0.4, -0.2) is 50.7 Å². The zero-order valence-electron chi connectivity index (χ0n) is 16.9. The monoisotopic (exact) mass is 401 g/mol. The summed E-state index contributed by atoms with van der Waals surface area (Å²) in [6.07, 6.45) is 3.13. The molecule has 0 saturated heterocycles. The summed E-state index contributed by atoms with van der Waals surface area (Å²) in [5.74, 6) is 1.32. The number of benzene rings is 2. The lowest BCUT2D eigenvalue weighted by molar-refractivity contribution is -0.129. The highest BCUT2D eigenvalue weighted by Crippen LogP contribution is 2.27. The van der Waals surface area contributed by atoms with E-state index in [1.165, 1.54) is 0 Å². The smallest absolute Gasteiger partial charge is 0.222 e. The van der Waals surface area contributed by atoms with Gasteiger partial charge in [-0.2, -0.15) is 0 Å². The third kappa shape index (κ3) is 6.02. The van der Waals surface area contributed by atoms with Gasteiger partial charge < -0.3 is 14.4 Å². The molecule has 2 rings (SSSR count). The number of methoxy groups -OCH3 is 2. The van der Waals surface area contributed by atoms with Crippen LogP contribution in [0.2, 0.25) is 0 Å². The van der Waals surface area contributed by atoms with Gasteiger partial charge in [0.1, 0.15) is 0 Å². The first kappa shape index (κ1) is 21.8. The average Bonchev–Trinajstić information content (AvgIpc) is 2.75. The minimum absolute atomic E-state index is 0.00528. The van der Waals surface area contributed by atoms with Crippen LogP contribution in [0.25, 0.3) is 0 Å². The third-order valence-corrected chi connectivity index (χ3v) is 5.33. The van der Waals surface area contributed by atoms with Gasteiger partial charge in [-0.25, -0.2) is 0 Å². The van der Waals surface area contributed by atoms with Gasteiger partial charge in [-0.3, -0.25) is 9.59 Å². The number of Topliss-reactive ketones (excluding diaryl/α,β-unsaturated/α-hetero) is 1. The lowest BCUT2D eigenvalue weighted by Gasteiger charge is -2.17. The van der Waals surface area contributed by atoms with Crippen LogP contribution in [0.15, 0.2) is 47.4 Å². The molecule has 150 valence electrons. The van der Waals surface area contributed by atoms with E-state index in [0.717, 1.165) is 10.5 Å². The Bertz CT molecular complexity index is 805. The molecule has 1 amide bonds. The molecule has 0 aliphatic carbocycles. The summed E-state index contributed by atoms with van der Waals surface area (Å²) in [4.78, 5) is 27.4. The number of rotatable bonds is 10. The summed E-state index contributed by atoms with van der Waals surface area (Å²) < 4.78 is 10.5. The topological polar surface area (TPSA) is 55.8 Å². The molecule has 6 heteroatoms. The Morgan fingerprint density at radius 3 is 2.25 bits per heavy atom. The van der Waals surface area contributed by atoms with Crippen molar-refractivity contribution in [1.29, 1.82) is 0 Å². The van der Waals surface area contributed by atoms with Gasteiger partial charge in [-0.05, 0) is 42.5 Å². The van der Waals surface area contributed by atoms with Crippen molar-refractivity contribution in [2.75, 3.05) is 34.1 Å². The predicted molar refractivity (Wildman–Crippen MR) is 113 cm³/mol. The Kier molecular flexibility index (Phi) is 8.39. The van der Waals surface area contributed by atoms with Crippen LogP contribution in [0, 0.1) is 0 Å². The number of thioether (sulfide) groups is 1. The quantitative estimate of drug-likeness (QED) is 0.443. The molecule has 0 heterocycles. The number of likely N-dealkylation sites (N-methyl/N-ethyl adjacent to an activating group) is 1. The minimum atomic E-state index is -0.0328.